The van der Waals surface area contributed by atoms with Crippen LogP contribution in [0.15, 0.2) is 12.7 Å². The van der Waals surface area contributed by atoms with Gasteiger partial charge >= 0.3 is 5.97 Å². The molecule has 0 aromatic rings. The van der Waals surface area contributed by atoms with Crippen LogP contribution in [0.4, 0.5) is 0 Å². The normalized spacial score (nSPS) is 10.8. The summed E-state index contributed by atoms with van der Waals surface area (Å²) in [6, 6.07) is 0. The van der Waals surface area contributed by atoms with Crippen LogP contribution in [0.1, 0.15) is 33.6 Å². The molecule has 11 heavy (non-hydrogen) atoms. The van der Waals surface area contributed by atoms with Gasteiger partial charge in [0.15, 0.2) is 0 Å². The van der Waals surface area contributed by atoms with Gasteiger partial charge in [0.25, 0.3) is 0 Å². The summed E-state index contributed by atoms with van der Waals surface area (Å²) in [6.45, 7) is 9.10. The summed E-state index contributed by atoms with van der Waals surface area (Å²) >= 11 is 0. The molecule has 0 heterocycles. The minimum atomic E-state index is -0.363. The molecule has 0 unspecified atom stereocenters. The molecular formula is C9H16O2. The Morgan fingerprint density at radius 1 is 1.55 bits per heavy atom. The molecule has 0 aromatic carbocycles. The Hall–Kier alpha value is -0.790. The fourth-order valence-corrected chi connectivity index (χ4v) is 0.612. The first kappa shape index (κ1) is 10.2. The van der Waals surface area contributed by atoms with Gasteiger partial charge in [0.05, 0.1) is 0 Å². The zero-order chi connectivity index (χ0) is 8.91. The fourth-order valence-electron chi connectivity index (χ4n) is 0.612. The first-order valence-electron chi connectivity index (χ1n) is 3.78. The minimum absolute atomic E-state index is 0.155. The van der Waals surface area contributed by atoms with Crippen molar-refractivity contribution in [2.45, 2.75) is 39.2 Å². The third-order valence-electron chi connectivity index (χ3n) is 0.973. The highest BCUT2D eigenvalue weighted by molar-refractivity contribution is 5.69. The van der Waals surface area contributed by atoms with E-state index in [-0.39, 0.29) is 11.6 Å². The lowest BCUT2D eigenvalue weighted by Crippen LogP contribution is -2.23. The van der Waals surface area contributed by atoms with Gasteiger partial charge in [0.2, 0.25) is 0 Å². The second kappa shape index (κ2) is 4.16. The van der Waals surface area contributed by atoms with Crippen molar-refractivity contribution < 1.29 is 9.53 Å². The van der Waals surface area contributed by atoms with Crippen molar-refractivity contribution >= 4 is 5.97 Å². The zero-order valence-corrected chi connectivity index (χ0v) is 7.52. The second-order valence-corrected chi connectivity index (χ2v) is 3.41. The molecule has 0 amide bonds. The van der Waals surface area contributed by atoms with Crippen LogP contribution in [0.3, 0.4) is 0 Å². The molecule has 0 saturated carbocycles. The summed E-state index contributed by atoms with van der Waals surface area (Å²) in [5, 5.41) is 0. The van der Waals surface area contributed by atoms with E-state index < -0.39 is 0 Å². The van der Waals surface area contributed by atoms with Crippen LogP contribution in [0.5, 0.6) is 0 Å². The third kappa shape index (κ3) is 7.10. The Balaban J connectivity index is 3.61. The van der Waals surface area contributed by atoms with Gasteiger partial charge in [-0.2, -0.15) is 0 Å². The summed E-state index contributed by atoms with van der Waals surface area (Å²) in [6.07, 6.45) is 2.83. The van der Waals surface area contributed by atoms with Gasteiger partial charge in [-0.1, -0.05) is 6.08 Å². The Bertz CT molecular complexity index is 142. The average molecular weight is 156 g/mol. The number of ether oxygens (including phenoxy) is 1. The summed E-state index contributed by atoms with van der Waals surface area (Å²) < 4.78 is 5.05. The second-order valence-electron chi connectivity index (χ2n) is 3.41. The van der Waals surface area contributed by atoms with Crippen molar-refractivity contribution in [2.75, 3.05) is 0 Å². The molecule has 0 saturated heterocycles. The van der Waals surface area contributed by atoms with Crippen LogP contribution in [0.2, 0.25) is 0 Å². The van der Waals surface area contributed by atoms with E-state index in [0.29, 0.717) is 12.8 Å². The highest BCUT2D eigenvalue weighted by Gasteiger charge is 2.14. The first-order valence-corrected chi connectivity index (χ1v) is 3.78. The predicted octanol–water partition coefficient (Wildman–Crippen LogP) is 2.29. The van der Waals surface area contributed by atoms with Crippen LogP contribution in [0.25, 0.3) is 0 Å². The first-order chi connectivity index (χ1) is 4.95. The molecule has 0 bridgehead atoms. The van der Waals surface area contributed by atoms with E-state index in [2.05, 4.69) is 6.58 Å². The maximum absolute atomic E-state index is 10.9. The van der Waals surface area contributed by atoms with E-state index in [0.717, 1.165) is 0 Å². The van der Waals surface area contributed by atoms with Crippen LogP contribution in [-0.4, -0.2) is 11.6 Å². The Morgan fingerprint density at radius 3 is 2.45 bits per heavy atom. The molecule has 0 N–H and O–H groups in total. The number of hydrogen-bond acceptors (Lipinski definition) is 2. The van der Waals surface area contributed by atoms with Crippen molar-refractivity contribution in [1.82, 2.24) is 0 Å². The maximum Gasteiger partial charge on any atom is 0.306 e. The number of carbonyl (C=O) groups is 1. The molecular weight excluding hydrogens is 140 g/mol. The summed E-state index contributed by atoms with van der Waals surface area (Å²) in [4.78, 5) is 10.9. The molecule has 0 aliphatic heterocycles. The fraction of sp³-hybridized carbons (Fsp3) is 0.667. The highest BCUT2D eigenvalue weighted by atomic mass is 16.6. The van der Waals surface area contributed by atoms with Gasteiger partial charge in [-0.3, -0.25) is 4.79 Å². The number of allylic oxidation sites excluding steroid dienone is 1. The van der Waals surface area contributed by atoms with Crippen LogP contribution >= 0.6 is 0 Å². The molecule has 0 atom stereocenters. The molecule has 0 aliphatic rings. The summed E-state index contributed by atoms with van der Waals surface area (Å²) in [5.74, 6) is -0.155. The Morgan fingerprint density at radius 2 is 2.09 bits per heavy atom. The molecule has 0 fully saturated rings. The van der Waals surface area contributed by atoms with Gasteiger partial charge in [0, 0.05) is 6.42 Å². The van der Waals surface area contributed by atoms with E-state index in [9.17, 15) is 4.79 Å². The lowest BCUT2D eigenvalue weighted by molar-refractivity contribution is -0.154. The molecule has 0 aliphatic carbocycles. The van der Waals surface area contributed by atoms with E-state index in [1.165, 1.54) is 0 Å². The van der Waals surface area contributed by atoms with Gasteiger partial charge in [-0.25, -0.2) is 0 Å². The SMILES string of the molecule is C=CCCC(=O)OC(C)(C)C. The van der Waals surface area contributed by atoms with Crippen molar-refractivity contribution in [2.24, 2.45) is 0 Å². The molecule has 64 valence electrons. The predicted molar refractivity (Wildman–Crippen MR) is 45.3 cm³/mol. The van der Waals surface area contributed by atoms with Crippen LogP contribution in [0, 0.1) is 0 Å². The maximum atomic E-state index is 10.9. The molecule has 0 aromatic heterocycles. The lowest BCUT2D eigenvalue weighted by Gasteiger charge is -2.19. The minimum Gasteiger partial charge on any atom is -0.460 e. The quantitative estimate of drug-likeness (QED) is 0.463. The Kier molecular flexibility index (Phi) is 3.86. The molecule has 0 radical (unpaired) electrons. The van der Waals surface area contributed by atoms with Crippen molar-refractivity contribution in [3.05, 3.63) is 12.7 Å². The molecule has 2 heteroatoms. The largest absolute Gasteiger partial charge is 0.460 e. The van der Waals surface area contributed by atoms with E-state index in [1.54, 1.807) is 6.08 Å². The van der Waals surface area contributed by atoms with Gasteiger partial charge < -0.3 is 4.74 Å². The van der Waals surface area contributed by atoms with Gasteiger partial charge in [-0.15, -0.1) is 6.58 Å². The summed E-state index contributed by atoms with van der Waals surface area (Å²) in [7, 11) is 0. The highest BCUT2D eigenvalue weighted by Crippen LogP contribution is 2.08. The monoisotopic (exact) mass is 156 g/mol. The van der Waals surface area contributed by atoms with E-state index in [4.69, 9.17) is 4.74 Å². The molecule has 0 spiro atoms. The van der Waals surface area contributed by atoms with Crippen molar-refractivity contribution in [1.29, 1.82) is 0 Å². The zero-order valence-electron chi connectivity index (χ0n) is 7.52. The third-order valence-corrected chi connectivity index (χ3v) is 0.973. The molecule has 2 nitrogen and oxygen atoms in total. The average Bonchev–Trinajstić information content (AvgIpc) is 1.79. The van der Waals surface area contributed by atoms with Crippen LogP contribution < -0.4 is 0 Å². The topological polar surface area (TPSA) is 26.3 Å². The van der Waals surface area contributed by atoms with Crippen LogP contribution in [-0.2, 0) is 9.53 Å². The van der Waals surface area contributed by atoms with E-state index >= 15 is 0 Å². The van der Waals surface area contributed by atoms with Crippen molar-refractivity contribution in [3.63, 3.8) is 0 Å². The van der Waals surface area contributed by atoms with E-state index in [1.807, 2.05) is 20.8 Å². The smallest absolute Gasteiger partial charge is 0.306 e. The Labute approximate surface area is 68.2 Å². The van der Waals surface area contributed by atoms with Gasteiger partial charge in [-0.05, 0) is 27.2 Å². The number of carbonyl (C=O) groups excluding carboxylic acids is 1. The number of hydrogen-bond donors (Lipinski definition) is 0. The lowest BCUT2D eigenvalue weighted by atomic mass is 10.2. The number of esters is 1. The molecule has 0 rings (SSSR count). The van der Waals surface area contributed by atoms with Gasteiger partial charge in [0.1, 0.15) is 5.60 Å². The van der Waals surface area contributed by atoms with Crippen molar-refractivity contribution in [3.8, 4) is 0 Å². The standard InChI is InChI=1S/C9H16O2/c1-5-6-7-8(10)11-9(2,3)4/h5H,1,6-7H2,2-4H3. The summed E-state index contributed by atoms with van der Waals surface area (Å²) in [5.41, 5.74) is -0.363. The number of rotatable bonds is 3.